The number of ether oxygens (including phenoxy) is 1. The van der Waals surface area contributed by atoms with E-state index in [4.69, 9.17) is 33.0 Å². The van der Waals surface area contributed by atoms with Crippen molar-refractivity contribution in [3.63, 3.8) is 0 Å². The Morgan fingerprint density at radius 3 is 2.73 bits per heavy atom. The molecule has 0 aliphatic heterocycles. The number of halogens is 2. The van der Waals surface area contributed by atoms with Crippen molar-refractivity contribution < 1.29 is 9.84 Å². The molecule has 22 heavy (non-hydrogen) atoms. The molecule has 1 N–H and O–H groups in total. The molecule has 1 aromatic carbocycles. The van der Waals surface area contributed by atoms with Gasteiger partial charge in [-0.3, -0.25) is 0 Å². The zero-order chi connectivity index (χ0) is 15.7. The van der Waals surface area contributed by atoms with Crippen LogP contribution in [0.2, 0.25) is 10.0 Å². The number of hydrogen-bond donors (Lipinski definition) is 1. The Bertz CT molecular complexity index is 830. The number of aliphatic hydroxyl groups is 1. The molecule has 0 unspecified atom stereocenters. The van der Waals surface area contributed by atoms with Crippen LogP contribution in [0.25, 0.3) is 16.8 Å². The van der Waals surface area contributed by atoms with Gasteiger partial charge in [0.15, 0.2) is 0 Å². The van der Waals surface area contributed by atoms with Crippen LogP contribution in [0.4, 0.5) is 0 Å². The van der Waals surface area contributed by atoms with Crippen molar-refractivity contribution in [2.24, 2.45) is 0 Å². The molecule has 114 valence electrons. The molecule has 6 heteroatoms. The van der Waals surface area contributed by atoms with E-state index in [1.54, 1.807) is 19.2 Å². The van der Waals surface area contributed by atoms with Crippen molar-refractivity contribution in [1.82, 2.24) is 9.38 Å². The summed E-state index contributed by atoms with van der Waals surface area (Å²) < 4.78 is 7.29. The SMILES string of the molecule is COc1ccc(Cl)c(Cl)c1-c1ccc2nc(CCO)cn2c1. The van der Waals surface area contributed by atoms with E-state index in [0.29, 0.717) is 22.2 Å². The summed E-state index contributed by atoms with van der Waals surface area (Å²) in [7, 11) is 1.60. The van der Waals surface area contributed by atoms with Gasteiger partial charge in [0.1, 0.15) is 11.4 Å². The molecule has 4 nitrogen and oxygen atoms in total. The molecule has 0 saturated carbocycles. The van der Waals surface area contributed by atoms with Crippen molar-refractivity contribution in [3.05, 3.63) is 52.4 Å². The maximum Gasteiger partial charge on any atom is 0.137 e. The third-order valence-corrected chi connectivity index (χ3v) is 4.24. The zero-order valence-corrected chi connectivity index (χ0v) is 13.4. The summed E-state index contributed by atoms with van der Waals surface area (Å²) in [5.74, 6) is 0.657. The van der Waals surface area contributed by atoms with Gasteiger partial charge in [0, 0.05) is 36.5 Å². The number of fused-ring (bicyclic) bond motifs is 1. The second kappa shape index (κ2) is 6.16. The van der Waals surface area contributed by atoms with Gasteiger partial charge in [0.25, 0.3) is 0 Å². The van der Waals surface area contributed by atoms with Crippen LogP contribution >= 0.6 is 23.2 Å². The maximum absolute atomic E-state index is 9.01. The number of nitrogens with zero attached hydrogens (tertiary/aromatic N) is 2. The number of imidazole rings is 1. The highest BCUT2D eigenvalue weighted by Gasteiger charge is 2.14. The van der Waals surface area contributed by atoms with Crippen molar-refractivity contribution in [2.45, 2.75) is 6.42 Å². The summed E-state index contributed by atoms with van der Waals surface area (Å²) >= 11 is 12.5. The lowest BCUT2D eigenvalue weighted by Crippen LogP contribution is -1.92. The van der Waals surface area contributed by atoms with Crippen LogP contribution in [0.1, 0.15) is 5.69 Å². The molecule has 2 aromatic heterocycles. The lowest BCUT2D eigenvalue weighted by atomic mass is 10.1. The molecule has 0 aliphatic carbocycles. The summed E-state index contributed by atoms with van der Waals surface area (Å²) in [5.41, 5.74) is 3.27. The van der Waals surface area contributed by atoms with Gasteiger partial charge in [0.05, 0.1) is 22.8 Å². The van der Waals surface area contributed by atoms with Crippen LogP contribution in [0.15, 0.2) is 36.7 Å². The Balaban J connectivity index is 2.16. The average molecular weight is 337 g/mol. The van der Waals surface area contributed by atoms with E-state index in [0.717, 1.165) is 22.5 Å². The van der Waals surface area contributed by atoms with Gasteiger partial charge in [-0.2, -0.15) is 0 Å². The quantitative estimate of drug-likeness (QED) is 0.787. The first-order valence-corrected chi connectivity index (χ1v) is 7.50. The molecule has 0 radical (unpaired) electrons. The minimum Gasteiger partial charge on any atom is -0.496 e. The summed E-state index contributed by atoms with van der Waals surface area (Å²) in [6.07, 6.45) is 4.33. The third-order valence-electron chi connectivity index (χ3n) is 3.43. The molecule has 3 rings (SSSR count). The van der Waals surface area contributed by atoms with Crippen LogP contribution in [0, 0.1) is 0 Å². The maximum atomic E-state index is 9.01. The third kappa shape index (κ3) is 2.65. The van der Waals surface area contributed by atoms with Gasteiger partial charge in [-0.25, -0.2) is 4.98 Å². The van der Waals surface area contributed by atoms with E-state index in [9.17, 15) is 0 Å². The lowest BCUT2D eigenvalue weighted by molar-refractivity contribution is 0.298. The Kier molecular flexibility index (Phi) is 4.25. The monoisotopic (exact) mass is 336 g/mol. The molecule has 0 fully saturated rings. The predicted octanol–water partition coefficient (Wildman–Crippen LogP) is 3.85. The normalized spacial score (nSPS) is 11.1. The summed E-state index contributed by atoms with van der Waals surface area (Å²) in [4.78, 5) is 4.43. The first kappa shape index (κ1) is 15.2. The molecule has 0 amide bonds. The van der Waals surface area contributed by atoms with Gasteiger partial charge in [-0.1, -0.05) is 23.2 Å². The molecule has 3 aromatic rings. The van der Waals surface area contributed by atoms with Crippen molar-refractivity contribution in [2.75, 3.05) is 13.7 Å². The van der Waals surface area contributed by atoms with E-state index in [2.05, 4.69) is 4.98 Å². The smallest absolute Gasteiger partial charge is 0.137 e. The fraction of sp³-hybridized carbons (Fsp3) is 0.188. The number of benzene rings is 1. The summed E-state index contributed by atoms with van der Waals surface area (Å²) in [6.45, 7) is 0.0741. The van der Waals surface area contributed by atoms with Gasteiger partial charge in [0.2, 0.25) is 0 Å². The van der Waals surface area contributed by atoms with E-state index in [-0.39, 0.29) is 6.61 Å². The van der Waals surface area contributed by atoms with Crippen LogP contribution < -0.4 is 4.74 Å². The fourth-order valence-electron chi connectivity index (χ4n) is 2.40. The number of aromatic nitrogens is 2. The van der Waals surface area contributed by atoms with Gasteiger partial charge >= 0.3 is 0 Å². The van der Waals surface area contributed by atoms with Crippen LogP contribution in [-0.2, 0) is 6.42 Å². The Morgan fingerprint density at radius 1 is 1.18 bits per heavy atom. The first-order chi connectivity index (χ1) is 10.6. The molecule has 0 saturated heterocycles. The Morgan fingerprint density at radius 2 is 2.00 bits per heavy atom. The minimum atomic E-state index is 0.0741. The average Bonchev–Trinajstić information content (AvgIpc) is 2.91. The van der Waals surface area contributed by atoms with E-state index < -0.39 is 0 Å². The predicted molar refractivity (Wildman–Crippen MR) is 88.0 cm³/mol. The van der Waals surface area contributed by atoms with Crippen LogP contribution in [0.5, 0.6) is 5.75 Å². The molecular formula is C16H14Cl2N2O2. The number of rotatable bonds is 4. The second-order valence-corrected chi connectivity index (χ2v) is 5.61. The number of hydrogen-bond acceptors (Lipinski definition) is 3. The highest BCUT2D eigenvalue weighted by molar-refractivity contribution is 6.44. The highest BCUT2D eigenvalue weighted by atomic mass is 35.5. The fourth-order valence-corrected chi connectivity index (χ4v) is 2.82. The molecule has 0 bridgehead atoms. The number of pyridine rings is 1. The number of aliphatic hydroxyl groups excluding tert-OH is 1. The topological polar surface area (TPSA) is 46.8 Å². The lowest BCUT2D eigenvalue weighted by Gasteiger charge is -2.12. The minimum absolute atomic E-state index is 0.0741. The van der Waals surface area contributed by atoms with Crippen LogP contribution in [-0.4, -0.2) is 28.2 Å². The number of methoxy groups -OCH3 is 1. The second-order valence-electron chi connectivity index (χ2n) is 4.83. The standard InChI is InChI=1S/C16H14Cl2N2O2/c1-22-13-4-3-12(17)16(18)15(13)10-2-5-14-19-11(6-7-21)9-20(14)8-10/h2-5,8-9,21H,6-7H2,1H3. The van der Waals surface area contributed by atoms with E-state index in [1.165, 1.54) is 0 Å². The molecule has 0 atom stereocenters. The van der Waals surface area contributed by atoms with E-state index >= 15 is 0 Å². The van der Waals surface area contributed by atoms with Crippen molar-refractivity contribution in [3.8, 4) is 16.9 Å². The van der Waals surface area contributed by atoms with Crippen molar-refractivity contribution in [1.29, 1.82) is 0 Å². The van der Waals surface area contributed by atoms with Crippen molar-refractivity contribution >= 4 is 28.8 Å². The Labute approximate surface area is 137 Å². The van der Waals surface area contributed by atoms with Gasteiger partial charge in [-0.05, 0) is 24.3 Å². The highest BCUT2D eigenvalue weighted by Crippen LogP contribution is 2.40. The molecule has 2 heterocycles. The molecule has 0 aliphatic rings. The molecular weight excluding hydrogens is 323 g/mol. The Hall–Kier alpha value is -1.75. The van der Waals surface area contributed by atoms with E-state index in [1.807, 2.05) is 28.9 Å². The summed E-state index contributed by atoms with van der Waals surface area (Å²) in [6, 6.07) is 7.32. The zero-order valence-electron chi connectivity index (χ0n) is 11.9. The molecule has 0 spiro atoms. The first-order valence-electron chi connectivity index (χ1n) is 6.75. The largest absolute Gasteiger partial charge is 0.496 e. The van der Waals surface area contributed by atoms with Gasteiger partial charge in [-0.15, -0.1) is 0 Å². The van der Waals surface area contributed by atoms with Gasteiger partial charge < -0.3 is 14.2 Å². The van der Waals surface area contributed by atoms with Crippen LogP contribution in [0.3, 0.4) is 0 Å². The summed E-state index contributed by atoms with van der Waals surface area (Å²) in [5, 5.41) is 9.95.